The largest absolute Gasteiger partial charge is 0.353 e. The summed E-state index contributed by atoms with van der Waals surface area (Å²) in [6, 6.07) is 0.283. The van der Waals surface area contributed by atoms with Crippen molar-refractivity contribution in [1.29, 1.82) is 0 Å². The SMILES string of the molecule is CSCCC(C)NC(=O)C(C)CCCN. The molecule has 3 nitrogen and oxygen atoms in total. The molecule has 0 saturated carbocycles. The minimum atomic E-state index is 0.0882. The maximum absolute atomic E-state index is 11.7. The first kappa shape index (κ1) is 14.8. The van der Waals surface area contributed by atoms with Crippen LogP contribution in [-0.4, -0.2) is 30.5 Å². The Labute approximate surface area is 97.6 Å². The van der Waals surface area contributed by atoms with Gasteiger partial charge in [0.05, 0.1) is 0 Å². The molecular formula is C11H24N2OS. The lowest BCUT2D eigenvalue weighted by Gasteiger charge is -2.17. The summed E-state index contributed by atoms with van der Waals surface area (Å²) in [7, 11) is 0. The quantitative estimate of drug-likeness (QED) is 0.668. The first-order valence-electron chi connectivity index (χ1n) is 5.61. The van der Waals surface area contributed by atoms with Gasteiger partial charge in [-0.15, -0.1) is 0 Å². The molecule has 0 aromatic carbocycles. The predicted octanol–water partition coefficient (Wildman–Crippen LogP) is 1.62. The van der Waals surface area contributed by atoms with E-state index in [1.807, 2.05) is 18.7 Å². The van der Waals surface area contributed by atoms with Crippen molar-refractivity contribution >= 4 is 17.7 Å². The molecule has 2 atom stereocenters. The highest BCUT2D eigenvalue weighted by Gasteiger charge is 2.14. The highest BCUT2D eigenvalue weighted by Crippen LogP contribution is 2.06. The van der Waals surface area contributed by atoms with Gasteiger partial charge >= 0.3 is 0 Å². The number of nitrogens with two attached hydrogens (primary N) is 1. The van der Waals surface area contributed by atoms with Gasteiger partial charge in [-0.25, -0.2) is 0 Å². The van der Waals surface area contributed by atoms with Gasteiger partial charge in [0.25, 0.3) is 0 Å². The van der Waals surface area contributed by atoms with Gasteiger partial charge in [0.2, 0.25) is 5.91 Å². The molecule has 4 heteroatoms. The van der Waals surface area contributed by atoms with Crippen molar-refractivity contribution in [2.75, 3.05) is 18.6 Å². The minimum absolute atomic E-state index is 0.0882. The summed E-state index contributed by atoms with van der Waals surface area (Å²) in [5.74, 6) is 1.35. The van der Waals surface area contributed by atoms with E-state index in [2.05, 4.69) is 18.5 Å². The van der Waals surface area contributed by atoms with Crippen LogP contribution < -0.4 is 11.1 Å². The zero-order valence-electron chi connectivity index (χ0n) is 10.1. The molecule has 0 spiro atoms. The number of carbonyl (C=O) groups is 1. The Kier molecular flexibility index (Phi) is 8.91. The van der Waals surface area contributed by atoms with Crippen LogP contribution in [0.3, 0.4) is 0 Å². The maximum Gasteiger partial charge on any atom is 0.223 e. The summed E-state index contributed by atoms with van der Waals surface area (Å²) >= 11 is 1.81. The summed E-state index contributed by atoms with van der Waals surface area (Å²) in [5.41, 5.74) is 5.41. The molecule has 0 saturated heterocycles. The predicted molar refractivity (Wildman–Crippen MR) is 68.1 cm³/mol. The van der Waals surface area contributed by atoms with E-state index >= 15 is 0 Å². The van der Waals surface area contributed by atoms with Crippen LogP contribution in [0.2, 0.25) is 0 Å². The third-order valence-electron chi connectivity index (χ3n) is 2.43. The molecule has 0 bridgehead atoms. The van der Waals surface area contributed by atoms with Crippen molar-refractivity contribution in [3.05, 3.63) is 0 Å². The molecule has 90 valence electrons. The fraction of sp³-hybridized carbons (Fsp3) is 0.909. The second-order valence-electron chi connectivity index (χ2n) is 4.02. The van der Waals surface area contributed by atoms with E-state index < -0.39 is 0 Å². The second kappa shape index (κ2) is 9.04. The van der Waals surface area contributed by atoms with Crippen LogP contribution >= 0.6 is 11.8 Å². The second-order valence-corrected chi connectivity index (χ2v) is 5.01. The minimum Gasteiger partial charge on any atom is -0.353 e. The Balaban J connectivity index is 3.70. The molecule has 0 aliphatic heterocycles. The third-order valence-corrected chi connectivity index (χ3v) is 3.08. The standard InChI is InChI=1S/C11H24N2OS/c1-9(5-4-7-12)11(14)13-10(2)6-8-15-3/h9-10H,4-8,12H2,1-3H3,(H,13,14). The van der Waals surface area contributed by atoms with Crippen LogP contribution in [0.1, 0.15) is 33.1 Å². The third kappa shape index (κ3) is 7.68. The lowest BCUT2D eigenvalue weighted by molar-refractivity contribution is -0.125. The molecule has 0 radical (unpaired) electrons. The zero-order valence-corrected chi connectivity index (χ0v) is 10.9. The number of nitrogens with one attached hydrogen (secondary N) is 1. The van der Waals surface area contributed by atoms with E-state index in [4.69, 9.17) is 5.73 Å². The van der Waals surface area contributed by atoms with Gasteiger partial charge in [-0.05, 0) is 44.7 Å². The Morgan fingerprint density at radius 2 is 2.07 bits per heavy atom. The average Bonchev–Trinajstić information content (AvgIpc) is 2.22. The average molecular weight is 232 g/mol. The van der Waals surface area contributed by atoms with Gasteiger partial charge in [0.1, 0.15) is 0 Å². The van der Waals surface area contributed by atoms with Crippen LogP contribution in [0.5, 0.6) is 0 Å². The number of hydrogen-bond donors (Lipinski definition) is 2. The lowest BCUT2D eigenvalue weighted by atomic mass is 10.0. The summed E-state index contributed by atoms with van der Waals surface area (Å²) < 4.78 is 0. The fourth-order valence-electron chi connectivity index (χ4n) is 1.31. The van der Waals surface area contributed by atoms with Gasteiger partial charge in [-0.1, -0.05) is 6.92 Å². The molecule has 2 unspecified atom stereocenters. The van der Waals surface area contributed by atoms with Crippen LogP contribution in [0.15, 0.2) is 0 Å². The fourth-order valence-corrected chi connectivity index (χ4v) is 1.90. The lowest BCUT2D eigenvalue weighted by Crippen LogP contribution is -2.36. The van der Waals surface area contributed by atoms with E-state index in [1.54, 1.807) is 0 Å². The van der Waals surface area contributed by atoms with Crippen molar-refractivity contribution in [2.24, 2.45) is 11.7 Å². The number of hydrogen-bond acceptors (Lipinski definition) is 3. The zero-order chi connectivity index (χ0) is 11.7. The summed E-state index contributed by atoms with van der Waals surface area (Å²) in [6.07, 6.45) is 4.93. The van der Waals surface area contributed by atoms with E-state index in [0.29, 0.717) is 6.54 Å². The molecule has 0 aliphatic rings. The molecule has 0 aliphatic carbocycles. The molecule has 0 aromatic rings. The van der Waals surface area contributed by atoms with Crippen LogP contribution in [0, 0.1) is 5.92 Å². The van der Waals surface area contributed by atoms with Crippen molar-refractivity contribution in [2.45, 2.75) is 39.2 Å². The van der Waals surface area contributed by atoms with E-state index in [-0.39, 0.29) is 17.9 Å². The Bertz CT molecular complexity index is 176. The van der Waals surface area contributed by atoms with Gasteiger partial charge in [0.15, 0.2) is 0 Å². The van der Waals surface area contributed by atoms with E-state index in [9.17, 15) is 4.79 Å². The van der Waals surface area contributed by atoms with Crippen molar-refractivity contribution in [1.82, 2.24) is 5.32 Å². The summed E-state index contributed by atoms with van der Waals surface area (Å²) in [4.78, 5) is 11.7. The molecule has 0 fully saturated rings. The highest BCUT2D eigenvalue weighted by molar-refractivity contribution is 7.98. The smallest absolute Gasteiger partial charge is 0.223 e. The maximum atomic E-state index is 11.7. The van der Waals surface area contributed by atoms with Crippen LogP contribution in [0.25, 0.3) is 0 Å². The molecular weight excluding hydrogens is 208 g/mol. The van der Waals surface area contributed by atoms with Crippen molar-refractivity contribution in [3.63, 3.8) is 0 Å². The van der Waals surface area contributed by atoms with Crippen LogP contribution in [0.4, 0.5) is 0 Å². The number of rotatable bonds is 8. The van der Waals surface area contributed by atoms with E-state index in [1.165, 1.54) is 0 Å². The molecule has 15 heavy (non-hydrogen) atoms. The number of amides is 1. The number of carbonyl (C=O) groups excluding carboxylic acids is 1. The summed E-state index contributed by atoms with van der Waals surface area (Å²) in [6.45, 7) is 4.69. The Hall–Kier alpha value is -0.220. The van der Waals surface area contributed by atoms with E-state index in [0.717, 1.165) is 25.0 Å². The highest BCUT2D eigenvalue weighted by atomic mass is 32.2. The normalized spacial score (nSPS) is 14.7. The first-order valence-corrected chi connectivity index (χ1v) is 7.00. The molecule has 0 rings (SSSR count). The Morgan fingerprint density at radius 3 is 2.60 bits per heavy atom. The van der Waals surface area contributed by atoms with Gasteiger partial charge in [0, 0.05) is 12.0 Å². The molecule has 1 amide bonds. The van der Waals surface area contributed by atoms with Crippen molar-refractivity contribution < 1.29 is 4.79 Å². The Morgan fingerprint density at radius 1 is 1.40 bits per heavy atom. The van der Waals surface area contributed by atoms with Gasteiger partial charge in [-0.3, -0.25) is 4.79 Å². The summed E-state index contributed by atoms with van der Waals surface area (Å²) in [5, 5.41) is 3.03. The topological polar surface area (TPSA) is 55.1 Å². The van der Waals surface area contributed by atoms with Gasteiger partial charge < -0.3 is 11.1 Å². The molecule has 0 heterocycles. The monoisotopic (exact) mass is 232 g/mol. The molecule has 3 N–H and O–H groups in total. The number of thioether (sulfide) groups is 1. The van der Waals surface area contributed by atoms with Crippen molar-refractivity contribution in [3.8, 4) is 0 Å². The van der Waals surface area contributed by atoms with Crippen LogP contribution in [-0.2, 0) is 4.79 Å². The molecule has 0 aromatic heterocycles. The first-order chi connectivity index (χ1) is 7.11. The van der Waals surface area contributed by atoms with Gasteiger partial charge in [-0.2, -0.15) is 11.8 Å².